The molecule has 4 aromatic rings. The third kappa shape index (κ3) is 6.90. The number of allylic oxidation sites excluding steroid dienone is 1. The summed E-state index contributed by atoms with van der Waals surface area (Å²) in [6.45, 7) is 5.98. The molecule has 0 aliphatic carbocycles. The van der Waals surface area contributed by atoms with Crippen molar-refractivity contribution in [3.63, 3.8) is 0 Å². The first-order valence-electron chi connectivity index (χ1n) is 13.3. The minimum atomic E-state index is -0.531. The van der Waals surface area contributed by atoms with Crippen LogP contribution in [0.25, 0.3) is 22.2 Å². The number of aryl methyl sites for hydroxylation is 2. The Morgan fingerprint density at radius 2 is 1.81 bits per heavy atom. The highest BCUT2D eigenvalue weighted by molar-refractivity contribution is 6.06. The quantitative estimate of drug-likeness (QED) is 0.219. The van der Waals surface area contributed by atoms with Gasteiger partial charge in [0.25, 0.3) is 11.5 Å². The molecule has 0 unspecified atom stereocenters. The van der Waals surface area contributed by atoms with E-state index in [-0.39, 0.29) is 23.1 Å². The van der Waals surface area contributed by atoms with Gasteiger partial charge in [-0.25, -0.2) is 9.97 Å². The van der Waals surface area contributed by atoms with Crippen molar-refractivity contribution in [2.45, 2.75) is 33.7 Å². The summed E-state index contributed by atoms with van der Waals surface area (Å²) in [4.78, 5) is 40.1. The lowest BCUT2D eigenvalue weighted by atomic mass is 9.93. The Kier molecular flexibility index (Phi) is 8.86. The first-order chi connectivity index (χ1) is 20.0. The monoisotopic (exact) mass is 567 g/mol. The molecule has 0 aliphatic heterocycles. The number of hydrogen-bond donors (Lipinski definition) is 2. The van der Waals surface area contributed by atoms with Gasteiger partial charge in [0.2, 0.25) is 5.95 Å². The molecule has 11 nitrogen and oxygen atoms in total. The van der Waals surface area contributed by atoms with Crippen molar-refractivity contribution in [1.29, 1.82) is 5.26 Å². The Bertz CT molecular complexity index is 1740. The number of ether oxygens (including phenoxy) is 2. The van der Waals surface area contributed by atoms with Crippen LogP contribution in [-0.4, -0.2) is 46.7 Å². The summed E-state index contributed by atoms with van der Waals surface area (Å²) in [5, 5.41) is 15.7. The standard InChI is InChI=1S/C31H33N7O4/c1-31(2,3)16-21(17-32)28(39)36-26-9-7-8-22(35-26)10-11-38-27-20(18-34-30(33-4)37-27)14-25(29(38)40)19-12-23(41-5)15-24(13-19)42-6/h7-9,12-16,18H,10-11H2,1-6H3,(H,33,34,37)(H,35,36,39). The number of pyridine rings is 2. The third-order valence-electron chi connectivity index (χ3n) is 6.30. The number of amides is 1. The van der Waals surface area contributed by atoms with Crippen LogP contribution in [0.2, 0.25) is 0 Å². The number of nitrogens with one attached hydrogen (secondary N) is 2. The molecular weight excluding hydrogens is 534 g/mol. The number of rotatable bonds is 9. The van der Waals surface area contributed by atoms with Crippen molar-refractivity contribution in [2.24, 2.45) is 5.41 Å². The molecule has 11 heteroatoms. The van der Waals surface area contributed by atoms with E-state index in [1.807, 2.05) is 32.9 Å². The zero-order valence-electron chi connectivity index (χ0n) is 24.5. The number of benzene rings is 1. The second kappa shape index (κ2) is 12.5. The second-order valence-corrected chi connectivity index (χ2v) is 10.6. The highest BCUT2D eigenvalue weighted by Gasteiger charge is 2.17. The minimum Gasteiger partial charge on any atom is -0.497 e. The fraction of sp³-hybridized carbons (Fsp3) is 0.290. The predicted octanol–water partition coefficient (Wildman–Crippen LogP) is 4.59. The fourth-order valence-corrected chi connectivity index (χ4v) is 4.34. The Morgan fingerprint density at radius 3 is 2.43 bits per heavy atom. The largest absolute Gasteiger partial charge is 0.497 e. The van der Waals surface area contributed by atoms with Crippen LogP contribution in [0, 0.1) is 16.7 Å². The number of nitrogens with zero attached hydrogens (tertiary/aromatic N) is 5. The van der Waals surface area contributed by atoms with Gasteiger partial charge in [-0.1, -0.05) is 32.9 Å². The van der Waals surface area contributed by atoms with Gasteiger partial charge in [0, 0.05) is 48.9 Å². The molecule has 0 fully saturated rings. The maximum Gasteiger partial charge on any atom is 0.267 e. The van der Waals surface area contributed by atoms with E-state index >= 15 is 0 Å². The van der Waals surface area contributed by atoms with E-state index in [0.29, 0.717) is 57.5 Å². The van der Waals surface area contributed by atoms with Gasteiger partial charge in [-0.15, -0.1) is 0 Å². The van der Waals surface area contributed by atoms with Crippen LogP contribution < -0.4 is 25.7 Å². The van der Waals surface area contributed by atoms with Crippen LogP contribution in [0.3, 0.4) is 0 Å². The van der Waals surface area contributed by atoms with Crippen LogP contribution in [0.4, 0.5) is 11.8 Å². The summed E-state index contributed by atoms with van der Waals surface area (Å²) in [5.41, 5.74) is 1.59. The van der Waals surface area contributed by atoms with E-state index in [9.17, 15) is 14.9 Å². The molecule has 0 atom stereocenters. The fourth-order valence-electron chi connectivity index (χ4n) is 4.34. The summed E-state index contributed by atoms with van der Waals surface area (Å²) in [6, 6.07) is 14.2. The summed E-state index contributed by atoms with van der Waals surface area (Å²) in [5.74, 6) is 1.26. The zero-order chi connectivity index (χ0) is 30.4. The van der Waals surface area contributed by atoms with Gasteiger partial charge in [-0.3, -0.25) is 14.2 Å². The van der Waals surface area contributed by atoms with Crippen LogP contribution in [0.5, 0.6) is 11.5 Å². The number of carbonyl (C=O) groups is 1. The average molecular weight is 568 g/mol. The number of carbonyl (C=O) groups excluding carboxylic acids is 1. The number of hydrogen-bond acceptors (Lipinski definition) is 9. The number of aromatic nitrogens is 4. The zero-order valence-corrected chi connectivity index (χ0v) is 24.5. The molecule has 1 amide bonds. The molecule has 0 saturated heterocycles. The van der Waals surface area contributed by atoms with Crippen LogP contribution in [-0.2, 0) is 17.8 Å². The number of anilines is 2. The van der Waals surface area contributed by atoms with Gasteiger partial charge in [-0.05, 0) is 41.3 Å². The Labute approximate surface area is 243 Å². The Morgan fingerprint density at radius 1 is 1.10 bits per heavy atom. The molecular formula is C31H33N7O4. The highest BCUT2D eigenvalue weighted by Crippen LogP contribution is 2.29. The minimum absolute atomic E-state index is 0.0127. The smallest absolute Gasteiger partial charge is 0.267 e. The molecule has 42 heavy (non-hydrogen) atoms. The second-order valence-electron chi connectivity index (χ2n) is 10.6. The molecule has 0 aliphatic rings. The van der Waals surface area contributed by atoms with E-state index in [1.165, 1.54) is 0 Å². The van der Waals surface area contributed by atoms with Crippen molar-refractivity contribution >= 4 is 28.7 Å². The van der Waals surface area contributed by atoms with Gasteiger partial charge in [0.15, 0.2) is 0 Å². The summed E-state index contributed by atoms with van der Waals surface area (Å²) >= 11 is 0. The number of fused-ring (bicyclic) bond motifs is 1. The molecule has 3 heterocycles. The SMILES string of the molecule is CNc1ncc2cc(-c3cc(OC)cc(OC)c3)c(=O)n(CCc3cccc(NC(=O)C(C#N)=CC(C)(C)C)n3)c2n1. The number of nitriles is 1. The molecule has 0 saturated carbocycles. The van der Waals surface area contributed by atoms with Gasteiger partial charge < -0.3 is 20.1 Å². The summed E-state index contributed by atoms with van der Waals surface area (Å²) in [7, 11) is 4.81. The Hall–Kier alpha value is -5.24. The summed E-state index contributed by atoms with van der Waals surface area (Å²) in [6.07, 6.45) is 3.65. The average Bonchev–Trinajstić information content (AvgIpc) is 2.98. The molecule has 0 radical (unpaired) electrons. The maximum absolute atomic E-state index is 13.9. The molecule has 1 aromatic carbocycles. The third-order valence-corrected chi connectivity index (χ3v) is 6.30. The van der Waals surface area contributed by atoms with Crippen molar-refractivity contribution in [3.8, 4) is 28.7 Å². The Balaban J connectivity index is 1.70. The van der Waals surface area contributed by atoms with Gasteiger partial charge in [0.1, 0.15) is 34.6 Å². The van der Waals surface area contributed by atoms with Gasteiger partial charge in [0.05, 0.1) is 14.2 Å². The predicted molar refractivity (Wildman–Crippen MR) is 162 cm³/mol. The molecule has 3 aromatic heterocycles. The van der Waals surface area contributed by atoms with Crippen molar-refractivity contribution < 1.29 is 14.3 Å². The van der Waals surface area contributed by atoms with Crippen LogP contribution >= 0.6 is 0 Å². The van der Waals surface area contributed by atoms with Crippen LogP contribution in [0.15, 0.2) is 65.1 Å². The molecule has 4 rings (SSSR count). The maximum atomic E-state index is 13.9. The first-order valence-corrected chi connectivity index (χ1v) is 13.3. The van der Waals surface area contributed by atoms with Crippen molar-refractivity contribution in [1.82, 2.24) is 19.5 Å². The normalized spacial score (nSPS) is 11.6. The lowest BCUT2D eigenvalue weighted by Crippen LogP contribution is -2.24. The lowest BCUT2D eigenvalue weighted by Gasteiger charge is -2.15. The van der Waals surface area contributed by atoms with Crippen molar-refractivity contribution in [2.75, 3.05) is 31.9 Å². The van der Waals surface area contributed by atoms with E-state index in [1.54, 1.807) is 74.5 Å². The van der Waals surface area contributed by atoms with E-state index in [4.69, 9.17) is 9.47 Å². The molecule has 2 N–H and O–H groups in total. The topological polar surface area (TPSA) is 144 Å². The van der Waals surface area contributed by atoms with Gasteiger partial charge >= 0.3 is 0 Å². The van der Waals surface area contributed by atoms with Crippen molar-refractivity contribution in [3.05, 3.63) is 76.4 Å². The van der Waals surface area contributed by atoms with E-state index in [2.05, 4.69) is 25.6 Å². The summed E-state index contributed by atoms with van der Waals surface area (Å²) < 4.78 is 12.4. The lowest BCUT2D eigenvalue weighted by molar-refractivity contribution is -0.112. The number of methoxy groups -OCH3 is 2. The highest BCUT2D eigenvalue weighted by atomic mass is 16.5. The van der Waals surface area contributed by atoms with Crippen LogP contribution in [0.1, 0.15) is 26.5 Å². The molecule has 216 valence electrons. The van der Waals surface area contributed by atoms with E-state index < -0.39 is 5.91 Å². The van der Waals surface area contributed by atoms with E-state index in [0.717, 1.165) is 0 Å². The first kappa shape index (κ1) is 29.7. The molecule has 0 spiro atoms. The molecule has 0 bridgehead atoms. The van der Waals surface area contributed by atoms with Gasteiger partial charge in [-0.2, -0.15) is 10.2 Å².